The molecule has 0 heterocycles. The summed E-state index contributed by atoms with van der Waals surface area (Å²) in [5, 5.41) is 3.17. The van der Waals surface area contributed by atoms with E-state index in [1.807, 2.05) is 25.1 Å². The van der Waals surface area contributed by atoms with E-state index in [4.69, 9.17) is 10.5 Å². The fourth-order valence-electron chi connectivity index (χ4n) is 1.32. The normalized spacial score (nSPS) is 11.9. The largest absolute Gasteiger partial charge is 0.462 e. The topological polar surface area (TPSA) is 64.3 Å². The van der Waals surface area contributed by atoms with Crippen LogP contribution in [0.2, 0.25) is 0 Å². The van der Waals surface area contributed by atoms with Gasteiger partial charge < -0.3 is 15.8 Å². The molecule has 0 bridgehead atoms. The van der Waals surface area contributed by atoms with Gasteiger partial charge in [-0.15, -0.1) is 0 Å². The van der Waals surface area contributed by atoms with E-state index in [9.17, 15) is 4.79 Å². The number of anilines is 1. The second-order valence-corrected chi connectivity index (χ2v) is 3.55. The van der Waals surface area contributed by atoms with Crippen molar-refractivity contribution in [3.05, 3.63) is 29.8 Å². The van der Waals surface area contributed by atoms with E-state index in [1.54, 1.807) is 13.0 Å². The molecule has 1 aromatic carbocycles. The molecule has 0 fully saturated rings. The zero-order chi connectivity index (χ0) is 12.0. The van der Waals surface area contributed by atoms with Gasteiger partial charge in [0.1, 0.15) is 0 Å². The summed E-state index contributed by atoms with van der Waals surface area (Å²) < 4.78 is 4.97. The summed E-state index contributed by atoms with van der Waals surface area (Å²) in [5.74, 6) is -0.310. The first-order valence-electron chi connectivity index (χ1n) is 5.41. The Kier molecular flexibility index (Phi) is 4.79. The highest BCUT2D eigenvalue weighted by molar-refractivity contribution is 5.95. The molecule has 0 saturated carbocycles. The Labute approximate surface area is 95.8 Å². The van der Waals surface area contributed by atoms with Gasteiger partial charge in [0, 0.05) is 18.3 Å². The van der Waals surface area contributed by atoms with Crippen molar-refractivity contribution in [3.8, 4) is 0 Å². The van der Waals surface area contributed by atoms with E-state index >= 15 is 0 Å². The van der Waals surface area contributed by atoms with Crippen LogP contribution in [0.4, 0.5) is 5.69 Å². The lowest BCUT2D eigenvalue weighted by Crippen LogP contribution is -2.26. The number of carbonyl (C=O) groups is 1. The molecule has 0 amide bonds. The van der Waals surface area contributed by atoms with E-state index in [0.29, 0.717) is 18.7 Å². The summed E-state index contributed by atoms with van der Waals surface area (Å²) in [7, 11) is 0. The van der Waals surface area contributed by atoms with E-state index < -0.39 is 0 Å². The number of hydrogen-bond acceptors (Lipinski definition) is 4. The smallest absolute Gasteiger partial charge is 0.340 e. The maximum absolute atomic E-state index is 11.6. The molecule has 1 atom stereocenters. The average molecular weight is 222 g/mol. The van der Waals surface area contributed by atoms with Crippen LogP contribution in [0, 0.1) is 0 Å². The number of hydrogen-bond donors (Lipinski definition) is 2. The van der Waals surface area contributed by atoms with Crippen LogP contribution in [-0.4, -0.2) is 25.2 Å². The van der Waals surface area contributed by atoms with Crippen molar-refractivity contribution < 1.29 is 9.53 Å². The Morgan fingerprint density at radius 1 is 1.50 bits per heavy atom. The van der Waals surface area contributed by atoms with Crippen LogP contribution in [0.15, 0.2) is 24.3 Å². The molecule has 4 heteroatoms. The summed E-state index contributed by atoms with van der Waals surface area (Å²) in [6.45, 7) is 4.63. The average Bonchev–Trinajstić information content (AvgIpc) is 2.30. The highest BCUT2D eigenvalue weighted by Crippen LogP contribution is 2.16. The van der Waals surface area contributed by atoms with Gasteiger partial charge in [0.05, 0.1) is 12.2 Å². The molecule has 3 N–H and O–H groups in total. The van der Waals surface area contributed by atoms with Crippen molar-refractivity contribution in [1.82, 2.24) is 0 Å². The number of carbonyl (C=O) groups excluding carboxylic acids is 1. The molecule has 0 aromatic heterocycles. The fourth-order valence-corrected chi connectivity index (χ4v) is 1.32. The molecule has 0 aliphatic heterocycles. The van der Waals surface area contributed by atoms with Crippen LogP contribution >= 0.6 is 0 Å². The van der Waals surface area contributed by atoms with Gasteiger partial charge in [0.2, 0.25) is 0 Å². The lowest BCUT2D eigenvalue weighted by Gasteiger charge is -2.15. The summed E-state index contributed by atoms with van der Waals surface area (Å²) >= 11 is 0. The Morgan fingerprint density at radius 3 is 2.81 bits per heavy atom. The van der Waals surface area contributed by atoms with E-state index in [2.05, 4.69) is 5.32 Å². The molecular weight excluding hydrogens is 204 g/mol. The van der Waals surface area contributed by atoms with Gasteiger partial charge in [-0.3, -0.25) is 0 Å². The molecular formula is C12H18N2O2. The number of para-hydroxylation sites is 1. The van der Waals surface area contributed by atoms with Crippen molar-refractivity contribution in [2.24, 2.45) is 5.73 Å². The van der Waals surface area contributed by atoms with Gasteiger partial charge in [-0.25, -0.2) is 4.79 Å². The Morgan fingerprint density at radius 2 is 2.19 bits per heavy atom. The molecule has 0 saturated heterocycles. The lowest BCUT2D eigenvalue weighted by molar-refractivity contribution is 0.0527. The molecule has 1 aromatic rings. The van der Waals surface area contributed by atoms with Crippen molar-refractivity contribution in [3.63, 3.8) is 0 Å². The summed E-state index contributed by atoms with van der Waals surface area (Å²) in [5.41, 5.74) is 6.83. The summed E-state index contributed by atoms with van der Waals surface area (Å²) in [6, 6.07) is 7.39. The highest BCUT2D eigenvalue weighted by Gasteiger charge is 2.12. The Bertz CT molecular complexity index is 353. The van der Waals surface area contributed by atoms with Crippen molar-refractivity contribution in [2.45, 2.75) is 19.9 Å². The molecule has 0 aliphatic carbocycles. The minimum atomic E-state index is -0.310. The third-order valence-corrected chi connectivity index (χ3v) is 2.18. The zero-order valence-electron chi connectivity index (χ0n) is 9.69. The lowest BCUT2D eigenvalue weighted by atomic mass is 10.1. The summed E-state index contributed by atoms with van der Waals surface area (Å²) in [6.07, 6.45) is 0. The molecule has 0 aliphatic rings. The third-order valence-electron chi connectivity index (χ3n) is 2.18. The van der Waals surface area contributed by atoms with Gasteiger partial charge in [0.25, 0.3) is 0 Å². The highest BCUT2D eigenvalue weighted by atomic mass is 16.5. The molecule has 88 valence electrons. The minimum absolute atomic E-state index is 0.121. The predicted molar refractivity (Wildman–Crippen MR) is 64.5 cm³/mol. The number of esters is 1. The van der Waals surface area contributed by atoms with Gasteiger partial charge >= 0.3 is 5.97 Å². The standard InChI is InChI=1S/C12H18N2O2/c1-3-16-12(15)10-6-4-5-7-11(10)14-9(2)8-13/h4-7,9,14H,3,8,13H2,1-2H3. The van der Waals surface area contributed by atoms with E-state index in [0.717, 1.165) is 5.69 Å². The zero-order valence-corrected chi connectivity index (χ0v) is 9.69. The molecule has 1 unspecified atom stereocenters. The van der Waals surface area contributed by atoms with Crippen molar-refractivity contribution in [2.75, 3.05) is 18.5 Å². The molecule has 0 radical (unpaired) electrons. The maximum Gasteiger partial charge on any atom is 0.340 e. The van der Waals surface area contributed by atoms with Gasteiger partial charge in [-0.1, -0.05) is 12.1 Å². The van der Waals surface area contributed by atoms with Crippen LogP contribution in [0.25, 0.3) is 0 Å². The van der Waals surface area contributed by atoms with E-state index in [-0.39, 0.29) is 12.0 Å². The quantitative estimate of drug-likeness (QED) is 0.743. The number of rotatable bonds is 5. The molecule has 4 nitrogen and oxygen atoms in total. The van der Waals surface area contributed by atoms with Crippen LogP contribution < -0.4 is 11.1 Å². The SMILES string of the molecule is CCOC(=O)c1ccccc1NC(C)CN. The Hall–Kier alpha value is -1.55. The monoisotopic (exact) mass is 222 g/mol. The van der Waals surface area contributed by atoms with E-state index in [1.165, 1.54) is 0 Å². The molecule has 1 rings (SSSR count). The Balaban J connectivity index is 2.87. The van der Waals surface area contributed by atoms with Crippen LogP contribution in [0.5, 0.6) is 0 Å². The number of ether oxygens (including phenoxy) is 1. The number of benzene rings is 1. The molecule has 0 spiro atoms. The first kappa shape index (κ1) is 12.5. The number of nitrogens with two attached hydrogens (primary N) is 1. The van der Waals surface area contributed by atoms with Crippen LogP contribution in [-0.2, 0) is 4.74 Å². The fraction of sp³-hybridized carbons (Fsp3) is 0.417. The van der Waals surface area contributed by atoms with Gasteiger partial charge in [-0.2, -0.15) is 0 Å². The van der Waals surface area contributed by atoms with Crippen molar-refractivity contribution >= 4 is 11.7 Å². The van der Waals surface area contributed by atoms with Gasteiger partial charge in [0.15, 0.2) is 0 Å². The second-order valence-electron chi connectivity index (χ2n) is 3.55. The summed E-state index contributed by atoms with van der Waals surface area (Å²) in [4.78, 5) is 11.6. The second kappa shape index (κ2) is 6.12. The van der Waals surface area contributed by atoms with Crippen molar-refractivity contribution in [1.29, 1.82) is 0 Å². The molecule has 16 heavy (non-hydrogen) atoms. The van der Waals surface area contributed by atoms with Gasteiger partial charge in [-0.05, 0) is 26.0 Å². The van der Waals surface area contributed by atoms with Crippen LogP contribution in [0.3, 0.4) is 0 Å². The first-order chi connectivity index (χ1) is 7.69. The number of nitrogens with one attached hydrogen (secondary N) is 1. The first-order valence-corrected chi connectivity index (χ1v) is 5.41. The predicted octanol–water partition coefficient (Wildman–Crippen LogP) is 1.62. The minimum Gasteiger partial charge on any atom is -0.462 e. The third kappa shape index (κ3) is 3.24. The maximum atomic E-state index is 11.6. The van der Waals surface area contributed by atoms with Crippen LogP contribution in [0.1, 0.15) is 24.2 Å².